The van der Waals surface area contributed by atoms with Gasteiger partial charge in [0.25, 0.3) is 0 Å². The summed E-state index contributed by atoms with van der Waals surface area (Å²) < 4.78 is 0. The first kappa shape index (κ1) is 14.8. The van der Waals surface area contributed by atoms with Crippen LogP contribution < -0.4 is 15.5 Å². The molecule has 5 nitrogen and oxygen atoms in total. The van der Waals surface area contributed by atoms with Crippen LogP contribution in [0, 0.1) is 0 Å². The molecule has 0 spiro atoms. The summed E-state index contributed by atoms with van der Waals surface area (Å²) in [6.07, 6.45) is 5.76. The predicted octanol–water partition coefficient (Wildman–Crippen LogP) is 1.30. The lowest BCUT2D eigenvalue weighted by Gasteiger charge is -2.17. The Labute approximate surface area is 120 Å². The number of rotatable bonds is 7. The molecule has 1 aliphatic heterocycles. The van der Waals surface area contributed by atoms with E-state index in [4.69, 9.17) is 0 Å². The van der Waals surface area contributed by atoms with Crippen LogP contribution in [0.5, 0.6) is 0 Å². The number of amides is 1. The average molecular weight is 276 g/mol. The number of nitrogens with one attached hydrogen (secondary N) is 2. The minimum absolute atomic E-state index is 0.111. The summed E-state index contributed by atoms with van der Waals surface area (Å²) in [4.78, 5) is 18.4. The maximum Gasteiger partial charge on any atom is 0.220 e. The molecule has 0 saturated carbocycles. The van der Waals surface area contributed by atoms with Gasteiger partial charge in [0.2, 0.25) is 5.91 Å². The topological polar surface area (TPSA) is 57.3 Å². The van der Waals surface area contributed by atoms with Crippen LogP contribution in [0.3, 0.4) is 0 Å². The van der Waals surface area contributed by atoms with Crippen molar-refractivity contribution in [2.75, 3.05) is 31.6 Å². The molecule has 0 aromatic carbocycles. The van der Waals surface area contributed by atoms with Gasteiger partial charge in [0, 0.05) is 32.3 Å². The van der Waals surface area contributed by atoms with Gasteiger partial charge >= 0.3 is 0 Å². The van der Waals surface area contributed by atoms with Crippen molar-refractivity contribution in [2.24, 2.45) is 0 Å². The summed E-state index contributed by atoms with van der Waals surface area (Å²) in [5.41, 5.74) is 1.11. The Morgan fingerprint density at radius 2 is 2.20 bits per heavy atom. The summed E-state index contributed by atoms with van der Waals surface area (Å²) in [6, 6.07) is 4.05. The Bertz CT molecular complexity index is 430. The summed E-state index contributed by atoms with van der Waals surface area (Å²) >= 11 is 0. The lowest BCUT2D eigenvalue weighted by Crippen LogP contribution is -2.24. The van der Waals surface area contributed by atoms with E-state index in [1.165, 1.54) is 12.8 Å². The van der Waals surface area contributed by atoms with Crippen molar-refractivity contribution in [1.82, 2.24) is 15.6 Å². The molecule has 2 heterocycles. The van der Waals surface area contributed by atoms with Crippen LogP contribution in [0.4, 0.5) is 5.82 Å². The fourth-order valence-electron chi connectivity index (χ4n) is 2.40. The van der Waals surface area contributed by atoms with Crippen molar-refractivity contribution in [3.05, 3.63) is 23.9 Å². The maximum absolute atomic E-state index is 11.7. The number of hydrogen-bond acceptors (Lipinski definition) is 4. The van der Waals surface area contributed by atoms with Crippen molar-refractivity contribution in [1.29, 1.82) is 0 Å². The fourth-order valence-corrected chi connectivity index (χ4v) is 2.40. The van der Waals surface area contributed by atoms with Gasteiger partial charge in [0.05, 0.1) is 0 Å². The lowest BCUT2D eigenvalue weighted by molar-refractivity contribution is -0.121. The lowest BCUT2D eigenvalue weighted by atomic mass is 10.2. The standard InChI is InChI=1S/C15H24N4O/c1-16-7-4-5-15(20)18-12-13-6-8-17-14(11-13)19-9-2-3-10-19/h6,8,11,16H,2-5,7,9-10,12H2,1H3,(H,18,20). The number of hydrogen-bond donors (Lipinski definition) is 2. The molecule has 110 valence electrons. The average Bonchev–Trinajstić information content (AvgIpc) is 3.00. The minimum atomic E-state index is 0.111. The van der Waals surface area contributed by atoms with Crippen molar-refractivity contribution >= 4 is 11.7 Å². The molecule has 1 amide bonds. The molecule has 1 saturated heterocycles. The first-order valence-corrected chi connectivity index (χ1v) is 7.41. The third-order valence-electron chi connectivity index (χ3n) is 3.56. The Hall–Kier alpha value is -1.62. The summed E-state index contributed by atoms with van der Waals surface area (Å²) in [7, 11) is 1.90. The van der Waals surface area contributed by atoms with Crippen molar-refractivity contribution in [3.63, 3.8) is 0 Å². The van der Waals surface area contributed by atoms with Crippen molar-refractivity contribution in [3.8, 4) is 0 Å². The highest BCUT2D eigenvalue weighted by Gasteiger charge is 2.13. The molecule has 2 N–H and O–H groups in total. The molecule has 1 aromatic heterocycles. The molecule has 0 unspecified atom stereocenters. The Morgan fingerprint density at radius 3 is 2.95 bits per heavy atom. The zero-order chi connectivity index (χ0) is 14.2. The molecule has 5 heteroatoms. The van der Waals surface area contributed by atoms with E-state index in [-0.39, 0.29) is 5.91 Å². The molecule has 2 rings (SSSR count). The van der Waals surface area contributed by atoms with Crippen LogP contribution >= 0.6 is 0 Å². The van der Waals surface area contributed by atoms with Gasteiger partial charge in [-0.3, -0.25) is 4.79 Å². The number of anilines is 1. The second-order valence-corrected chi connectivity index (χ2v) is 5.20. The molecule has 1 fully saturated rings. The molecular weight excluding hydrogens is 252 g/mol. The highest BCUT2D eigenvalue weighted by Crippen LogP contribution is 2.18. The van der Waals surface area contributed by atoms with Gasteiger partial charge in [-0.15, -0.1) is 0 Å². The number of carbonyl (C=O) groups excluding carboxylic acids is 1. The van der Waals surface area contributed by atoms with Gasteiger partial charge in [-0.2, -0.15) is 0 Å². The zero-order valence-electron chi connectivity index (χ0n) is 12.2. The van der Waals surface area contributed by atoms with Crippen LogP contribution in [0.1, 0.15) is 31.2 Å². The first-order chi connectivity index (χ1) is 9.79. The van der Waals surface area contributed by atoms with Gasteiger partial charge in [-0.1, -0.05) is 0 Å². The molecule has 20 heavy (non-hydrogen) atoms. The van der Waals surface area contributed by atoms with E-state index < -0.39 is 0 Å². The van der Waals surface area contributed by atoms with Gasteiger partial charge in [0.1, 0.15) is 5.82 Å². The Balaban J connectivity index is 1.80. The third kappa shape index (κ3) is 4.49. The quantitative estimate of drug-likeness (QED) is 0.737. The van der Waals surface area contributed by atoms with Crippen molar-refractivity contribution in [2.45, 2.75) is 32.2 Å². The van der Waals surface area contributed by atoms with E-state index >= 15 is 0 Å². The summed E-state index contributed by atoms with van der Waals surface area (Å²) in [5, 5.41) is 6.00. The molecule has 0 radical (unpaired) electrons. The molecule has 0 bridgehead atoms. The molecule has 1 aromatic rings. The van der Waals surface area contributed by atoms with Crippen molar-refractivity contribution < 1.29 is 4.79 Å². The fraction of sp³-hybridized carbons (Fsp3) is 0.600. The zero-order valence-corrected chi connectivity index (χ0v) is 12.2. The van der Waals surface area contributed by atoms with Gasteiger partial charge < -0.3 is 15.5 Å². The monoisotopic (exact) mass is 276 g/mol. The van der Waals surface area contributed by atoms with Crippen LogP contribution in [-0.4, -0.2) is 37.6 Å². The Kier molecular flexibility index (Phi) is 5.80. The van der Waals surface area contributed by atoms with Crippen LogP contribution in [0.15, 0.2) is 18.3 Å². The smallest absolute Gasteiger partial charge is 0.220 e. The van der Waals surface area contributed by atoms with E-state index in [9.17, 15) is 4.79 Å². The van der Waals surface area contributed by atoms with E-state index in [2.05, 4.69) is 26.6 Å². The van der Waals surface area contributed by atoms with Gasteiger partial charge in [0.15, 0.2) is 0 Å². The van der Waals surface area contributed by atoms with E-state index in [0.29, 0.717) is 13.0 Å². The summed E-state index contributed by atoms with van der Waals surface area (Å²) in [6.45, 7) is 3.64. The van der Waals surface area contributed by atoms with E-state index in [1.807, 2.05) is 19.3 Å². The Morgan fingerprint density at radius 1 is 1.40 bits per heavy atom. The summed E-state index contributed by atoms with van der Waals surface area (Å²) in [5.74, 6) is 1.14. The maximum atomic E-state index is 11.7. The largest absolute Gasteiger partial charge is 0.357 e. The second-order valence-electron chi connectivity index (χ2n) is 5.20. The molecular formula is C15H24N4O. The molecule has 1 aliphatic rings. The van der Waals surface area contributed by atoms with Gasteiger partial charge in [-0.05, 0) is 50.6 Å². The van der Waals surface area contributed by atoms with E-state index in [1.54, 1.807) is 0 Å². The van der Waals surface area contributed by atoms with Crippen LogP contribution in [0.2, 0.25) is 0 Å². The predicted molar refractivity (Wildman–Crippen MR) is 80.7 cm³/mol. The molecule has 0 atom stereocenters. The van der Waals surface area contributed by atoms with Gasteiger partial charge in [-0.25, -0.2) is 4.98 Å². The highest BCUT2D eigenvalue weighted by atomic mass is 16.1. The van der Waals surface area contributed by atoms with Crippen LogP contribution in [-0.2, 0) is 11.3 Å². The normalized spacial score (nSPS) is 14.6. The number of nitrogens with zero attached hydrogens (tertiary/aromatic N) is 2. The number of carbonyl (C=O) groups is 1. The SMILES string of the molecule is CNCCCC(=O)NCc1ccnc(N2CCCC2)c1. The van der Waals surface area contributed by atoms with E-state index in [0.717, 1.165) is 37.4 Å². The molecule has 0 aliphatic carbocycles. The second kappa shape index (κ2) is 7.85. The third-order valence-corrected chi connectivity index (χ3v) is 3.56. The highest BCUT2D eigenvalue weighted by molar-refractivity contribution is 5.75. The minimum Gasteiger partial charge on any atom is -0.357 e. The number of aromatic nitrogens is 1. The van der Waals surface area contributed by atoms with Crippen LogP contribution in [0.25, 0.3) is 0 Å². The number of pyridine rings is 1. The first-order valence-electron chi connectivity index (χ1n) is 7.41.